The number of imide groups is 1. The second-order valence-electron chi connectivity index (χ2n) is 9.18. The predicted octanol–water partition coefficient (Wildman–Crippen LogP) is 2.88. The third kappa shape index (κ3) is 3.28. The van der Waals surface area contributed by atoms with E-state index in [2.05, 4.69) is 22.0 Å². The van der Waals surface area contributed by atoms with Crippen LogP contribution < -0.4 is 4.90 Å². The number of anilines is 1. The molecule has 4 atom stereocenters. The fraction of sp³-hybridized carbons (Fsp3) is 0.458. The van der Waals surface area contributed by atoms with Crippen molar-refractivity contribution in [3.63, 3.8) is 0 Å². The van der Waals surface area contributed by atoms with Gasteiger partial charge in [0.05, 0.1) is 17.5 Å². The molecule has 0 N–H and O–H groups in total. The average Bonchev–Trinajstić information content (AvgIpc) is 3.59. The van der Waals surface area contributed by atoms with Gasteiger partial charge in [0.2, 0.25) is 11.8 Å². The molecular weight excluding hydrogens is 427 g/mol. The fourth-order valence-corrected chi connectivity index (χ4v) is 6.64. The lowest BCUT2D eigenvalue weighted by molar-refractivity contribution is -0.140. The van der Waals surface area contributed by atoms with Gasteiger partial charge in [0.1, 0.15) is 5.82 Å². The molecule has 2 saturated heterocycles. The zero-order chi connectivity index (χ0) is 21.8. The van der Waals surface area contributed by atoms with Crippen molar-refractivity contribution in [2.75, 3.05) is 44.2 Å². The average molecular weight is 453 g/mol. The number of likely N-dealkylation sites (tertiary alicyclic amines) is 1. The Hall–Kier alpha value is -2.58. The predicted molar refractivity (Wildman–Crippen MR) is 121 cm³/mol. The molecule has 6 rings (SSSR count). The third-order valence-corrected chi connectivity index (χ3v) is 8.38. The van der Waals surface area contributed by atoms with E-state index in [1.54, 1.807) is 23.5 Å². The summed E-state index contributed by atoms with van der Waals surface area (Å²) in [6, 6.07) is 6.42. The van der Waals surface area contributed by atoms with Crippen molar-refractivity contribution in [1.82, 2.24) is 14.8 Å². The smallest absolute Gasteiger partial charge is 0.233 e. The van der Waals surface area contributed by atoms with Gasteiger partial charge in [-0.15, -0.1) is 11.3 Å². The van der Waals surface area contributed by atoms with Crippen LogP contribution in [0.4, 0.5) is 9.52 Å². The molecule has 1 aromatic carbocycles. The van der Waals surface area contributed by atoms with Crippen LogP contribution in [0.5, 0.6) is 0 Å². The summed E-state index contributed by atoms with van der Waals surface area (Å²) in [5.41, 5.74) is 1.79. The minimum Gasteiger partial charge on any atom is -0.346 e. The Labute approximate surface area is 190 Å². The first-order valence-corrected chi connectivity index (χ1v) is 12.2. The SMILES string of the molecule is O=C1C2C3C=CC(C3)C2C(=O)N1CCN1CCN(c2nc(-c3ccc(F)cc3)cs2)CC1. The molecule has 4 unspecified atom stereocenters. The number of fused-ring (bicyclic) bond motifs is 5. The van der Waals surface area contributed by atoms with E-state index in [1.165, 1.54) is 17.0 Å². The molecule has 3 fully saturated rings. The third-order valence-electron chi connectivity index (χ3n) is 7.48. The van der Waals surface area contributed by atoms with Gasteiger partial charge in [-0.05, 0) is 42.5 Å². The topological polar surface area (TPSA) is 56.8 Å². The van der Waals surface area contributed by atoms with Crippen LogP contribution in [0.3, 0.4) is 0 Å². The molecule has 1 aromatic heterocycles. The lowest BCUT2D eigenvalue weighted by Crippen LogP contribution is -2.49. The molecule has 1 saturated carbocycles. The van der Waals surface area contributed by atoms with Crippen molar-refractivity contribution in [1.29, 1.82) is 0 Å². The zero-order valence-corrected chi connectivity index (χ0v) is 18.5. The maximum atomic E-state index is 13.2. The molecule has 0 spiro atoms. The highest BCUT2D eigenvalue weighted by molar-refractivity contribution is 7.14. The van der Waals surface area contributed by atoms with Crippen molar-refractivity contribution in [2.45, 2.75) is 6.42 Å². The summed E-state index contributed by atoms with van der Waals surface area (Å²) in [5.74, 6) is 0.188. The number of benzene rings is 1. The van der Waals surface area contributed by atoms with E-state index < -0.39 is 0 Å². The van der Waals surface area contributed by atoms with Gasteiger partial charge in [0.15, 0.2) is 5.13 Å². The molecule has 32 heavy (non-hydrogen) atoms. The van der Waals surface area contributed by atoms with Gasteiger partial charge in [-0.25, -0.2) is 9.37 Å². The van der Waals surface area contributed by atoms with Crippen LogP contribution in [0, 0.1) is 29.5 Å². The Morgan fingerprint density at radius 3 is 2.25 bits per heavy atom. The maximum Gasteiger partial charge on any atom is 0.233 e. The summed E-state index contributed by atoms with van der Waals surface area (Å²) in [7, 11) is 0. The summed E-state index contributed by atoms with van der Waals surface area (Å²) >= 11 is 1.61. The summed E-state index contributed by atoms with van der Waals surface area (Å²) in [6.45, 7) is 4.69. The Balaban J connectivity index is 1.03. The second kappa shape index (κ2) is 7.78. The van der Waals surface area contributed by atoms with E-state index in [0.717, 1.165) is 55.5 Å². The molecule has 2 aliphatic heterocycles. The summed E-state index contributed by atoms with van der Waals surface area (Å²) < 4.78 is 13.2. The molecule has 2 bridgehead atoms. The number of hydrogen-bond acceptors (Lipinski definition) is 6. The molecule has 4 aliphatic rings. The monoisotopic (exact) mass is 452 g/mol. The number of amides is 2. The van der Waals surface area contributed by atoms with Gasteiger partial charge < -0.3 is 4.90 Å². The van der Waals surface area contributed by atoms with Crippen LogP contribution >= 0.6 is 11.3 Å². The summed E-state index contributed by atoms with van der Waals surface area (Å²) in [4.78, 5) is 36.6. The fourth-order valence-electron chi connectivity index (χ4n) is 5.75. The first kappa shape index (κ1) is 20.1. The van der Waals surface area contributed by atoms with Gasteiger partial charge in [0, 0.05) is 50.2 Å². The number of halogens is 1. The first-order valence-electron chi connectivity index (χ1n) is 11.3. The Bertz CT molecular complexity index is 1050. The number of thiazole rings is 1. The van der Waals surface area contributed by atoms with Gasteiger partial charge in [0.25, 0.3) is 0 Å². The van der Waals surface area contributed by atoms with E-state index in [0.29, 0.717) is 6.54 Å². The number of hydrogen-bond donors (Lipinski definition) is 0. The number of aromatic nitrogens is 1. The Kier molecular flexibility index (Phi) is 4.87. The quantitative estimate of drug-likeness (QED) is 0.516. The standard InChI is InChI=1S/C24H25FN4O2S/c25-18-5-3-15(4-6-18)19-14-32-24(26-19)28-10-7-27(8-11-28)9-12-29-22(30)20-16-1-2-17(13-16)21(20)23(29)31/h1-6,14,16-17,20-21H,7-13H2. The molecular formula is C24H25FN4O2S. The number of rotatable bonds is 5. The highest BCUT2D eigenvalue weighted by Crippen LogP contribution is 2.52. The summed E-state index contributed by atoms with van der Waals surface area (Å²) in [6.07, 6.45) is 5.25. The summed E-state index contributed by atoms with van der Waals surface area (Å²) in [5, 5.41) is 2.99. The lowest BCUT2D eigenvalue weighted by Gasteiger charge is -2.35. The highest BCUT2D eigenvalue weighted by atomic mass is 32.1. The number of carbonyl (C=O) groups is 2. The Morgan fingerprint density at radius 1 is 0.938 bits per heavy atom. The van der Waals surface area contributed by atoms with Crippen molar-refractivity contribution in [3.8, 4) is 11.3 Å². The Morgan fingerprint density at radius 2 is 1.59 bits per heavy atom. The van der Waals surface area contributed by atoms with Crippen LogP contribution in [-0.4, -0.2) is 65.9 Å². The number of carbonyl (C=O) groups excluding carboxylic acids is 2. The number of piperazine rings is 1. The van der Waals surface area contributed by atoms with Crippen molar-refractivity contribution >= 4 is 28.3 Å². The van der Waals surface area contributed by atoms with E-state index >= 15 is 0 Å². The van der Waals surface area contributed by atoms with E-state index in [9.17, 15) is 14.0 Å². The van der Waals surface area contributed by atoms with Gasteiger partial charge in [-0.2, -0.15) is 0 Å². The van der Waals surface area contributed by atoms with Crippen LogP contribution in [0.25, 0.3) is 11.3 Å². The van der Waals surface area contributed by atoms with Gasteiger partial charge in [-0.1, -0.05) is 12.2 Å². The minimum absolute atomic E-state index is 0.0478. The molecule has 2 aliphatic carbocycles. The molecule has 166 valence electrons. The zero-order valence-electron chi connectivity index (χ0n) is 17.7. The van der Waals surface area contributed by atoms with Gasteiger partial charge >= 0.3 is 0 Å². The maximum absolute atomic E-state index is 13.2. The molecule has 0 radical (unpaired) electrons. The van der Waals surface area contributed by atoms with Crippen LogP contribution in [0.1, 0.15) is 6.42 Å². The van der Waals surface area contributed by atoms with Crippen molar-refractivity contribution in [2.24, 2.45) is 23.7 Å². The highest BCUT2D eigenvalue weighted by Gasteiger charge is 2.59. The second-order valence-corrected chi connectivity index (χ2v) is 10.0. The van der Waals surface area contributed by atoms with E-state index in [1.807, 2.05) is 5.38 Å². The molecule has 3 heterocycles. The van der Waals surface area contributed by atoms with Crippen LogP contribution in [-0.2, 0) is 9.59 Å². The molecule has 8 heteroatoms. The molecule has 2 aromatic rings. The normalized spacial score (nSPS) is 29.4. The van der Waals surface area contributed by atoms with E-state index in [4.69, 9.17) is 4.98 Å². The number of allylic oxidation sites excluding steroid dienone is 2. The van der Waals surface area contributed by atoms with Crippen molar-refractivity contribution < 1.29 is 14.0 Å². The minimum atomic E-state index is -0.245. The van der Waals surface area contributed by atoms with Crippen LogP contribution in [0.15, 0.2) is 41.8 Å². The molecule has 2 amide bonds. The largest absolute Gasteiger partial charge is 0.346 e. The first-order chi connectivity index (χ1) is 15.6. The van der Waals surface area contributed by atoms with Crippen molar-refractivity contribution in [3.05, 3.63) is 47.6 Å². The lowest BCUT2D eigenvalue weighted by atomic mass is 9.85. The molecule has 6 nitrogen and oxygen atoms in total. The van der Waals surface area contributed by atoms with Gasteiger partial charge in [-0.3, -0.25) is 19.4 Å². The van der Waals surface area contributed by atoms with E-state index in [-0.39, 0.29) is 41.3 Å². The number of nitrogens with zero attached hydrogens (tertiary/aromatic N) is 4. The van der Waals surface area contributed by atoms with Crippen LogP contribution in [0.2, 0.25) is 0 Å².